The van der Waals surface area contributed by atoms with Gasteiger partial charge in [0.25, 0.3) is 0 Å². The SMILES string of the molecule is C=CCNC(=O)N(Cc1ccc(F)cc1)c1cccc(CC(=O)N2CCc3ccccc3C2)c1. The van der Waals surface area contributed by atoms with E-state index >= 15 is 0 Å². The summed E-state index contributed by atoms with van der Waals surface area (Å²) in [5.41, 5.74) is 4.79. The Kier molecular flexibility index (Phi) is 7.38. The largest absolute Gasteiger partial charge is 0.338 e. The first-order valence-corrected chi connectivity index (χ1v) is 11.4. The van der Waals surface area contributed by atoms with Crippen LogP contribution in [0.5, 0.6) is 0 Å². The molecule has 0 bridgehead atoms. The van der Waals surface area contributed by atoms with E-state index in [1.807, 2.05) is 41.3 Å². The normalized spacial score (nSPS) is 12.6. The number of amides is 3. The predicted octanol–water partition coefficient (Wildman–Crippen LogP) is 4.86. The molecule has 0 atom stereocenters. The van der Waals surface area contributed by atoms with Gasteiger partial charge in [0.1, 0.15) is 5.82 Å². The fraction of sp³-hybridized carbons (Fsp3) is 0.214. The van der Waals surface area contributed by atoms with Crippen molar-refractivity contribution < 1.29 is 14.0 Å². The van der Waals surface area contributed by atoms with Crippen LogP contribution in [0.2, 0.25) is 0 Å². The number of anilines is 1. The number of nitrogens with zero attached hydrogens (tertiary/aromatic N) is 2. The lowest BCUT2D eigenvalue weighted by atomic mass is 9.99. The molecule has 3 amide bonds. The van der Waals surface area contributed by atoms with E-state index in [4.69, 9.17) is 0 Å². The molecule has 1 heterocycles. The van der Waals surface area contributed by atoms with Gasteiger partial charge >= 0.3 is 6.03 Å². The monoisotopic (exact) mass is 457 g/mol. The molecule has 4 rings (SSSR count). The number of hydrogen-bond donors (Lipinski definition) is 1. The average Bonchev–Trinajstić information content (AvgIpc) is 2.86. The van der Waals surface area contributed by atoms with Crippen LogP contribution in [0.25, 0.3) is 0 Å². The van der Waals surface area contributed by atoms with E-state index in [0.29, 0.717) is 25.3 Å². The third-order valence-electron chi connectivity index (χ3n) is 5.96. The molecular formula is C28H28FN3O2. The van der Waals surface area contributed by atoms with Gasteiger partial charge in [-0.25, -0.2) is 9.18 Å². The first-order valence-electron chi connectivity index (χ1n) is 11.4. The van der Waals surface area contributed by atoms with Gasteiger partial charge in [-0.15, -0.1) is 6.58 Å². The van der Waals surface area contributed by atoms with Gasteiger partial charge in [0.15, 0.2) is 0 Å². The van der Waals surface area contributed by atoms with E-state index < -0.39 is 0 Å². The molecule has 1 aliphatic heterocycles. The zero-order valence-electron chi connectivity index (χ0n) is 19.0. The Hall–Kier alpha value is -3.93. The Morgan fingerprint density at radius 2 is 1.76 bits per heavy atom. The third-order valence-corrected chi connectivity index (χ3v) is 5.96. The van der Waals surface area contributed by atoms with Gasteiger partial charge in [0, 0.05) is 25.3 Å². The van der Waals surface area contributed by atoms with Crippen LogP contribution in [0.3, 0.4) is 0 Å². The summed E-state index contributed by atoms with van der Waals surface area (Å²) in [5.74, 6) is -0.264. The fourth-order valence-electron chi connectivity index (χ4n) is 4.14. The van der Waals surface area contributed by atoms with Gasteiger partial charge in [0.05, 0.1) is 13.0 Å². The van der Waals surface area contributed by atoms with Crippen molar-refractivity contribution in [3.8, 4) is 0 Å². The number of hydrogen-bond acceptors (Lipinski definition) is 2. The van der Waals surface area contributed by atoms with Crippen LogP contribution in [0.15, 0.2) is 85.5 Å². The summed E-state index contributed by atoms with van der Waals surface area (Å²) < 4.78 is 13.3. The highest BCUT2D eigenvalue weighted by Gasteiger charge is 2.21. The molecule has 0 saturated carbocycles. The molecule has 174 valence electrons. The molecule has 0 fully saturated rings. The van der Waals surface area contributed by atoms with Crippen molar-refractivity contribution in [2.24, 2.45) is 0 Å². The molecule has 0 saturated heterocycles. The van der Waals surface area contributed by atoms with E-state index in [9.17, 15) is 14.0 Å². The molecule has 0 aromatic heterocycles. The lowest BCUT2D eigenvalue weighted by Crippen LogP contribution is -2.40. The molecule has 5 nitrogen and oxygen atoms in total. The summed E-state index contributed by atoms with van der Waals surface area (Å²) >= 11 is 0. The van der Waals surface area contributed by atoms with Gasteiger partial charge < -0.3 is 10.2 Å². The topological polar surface area (TPSA) is 52.7 Å². The molecule has 3 aromatic rings. The predicted molar refractivity (Wildman–Crippen MR) is 132 cm³/mol. The summed E-state index contributed by atoms with van der Waals surface area (Å²) in [6, 6.07) is 21.5. The van der Waals surface area contributed by atoms with E-state index in [2.05, 4.69) is 24.0 Å². The number of urea groups is 1. The number of benzene rings is 3. The molecule has 3 aromatic carbocycles. The van der Waals surface area contributed by atoms with Crippen molar-refractivity contribution in [1.29, 1.82) is 0 Å². The van der Waals surface area contributed by atoms with E-state index in [-0.39, 0.29) is 30.7 Å². The number of fused-ring (bicyclic) bond motifs is 1. The molecule has 0 spiro atoms. The van der Waals surface area contributed by atoms with Crippen molar-refractivity contribution in [3.63, 3.8) is 0 Å². The Morgan fingerprint density at radius 3 is 2.53 bits per heavy atom. The van der Waals surface area contributed by atoms with Crippen molar-refractivity contribution >= 4 is 17.6 Å². The lowest BCUT2D eigenvalue weighted by Gasteiger charge is -2.29. The number of nitrogens with one attached hydrogen (secondary N) is 1. The minimum Gasteiger partial charge on any atom is -0.338 e. The van der Waals surface area contributed by atoms with Crippen LogP contribution in [0, 0.1) is 5.82 Å². The molecule has 6 heteroatoms. The van der Waals surface area contributed by atoms with E-state index in [0.717, 1.165) is 17.5 Å². The number of halogens is 1. The summed E-state index contributed by atoms with van der Waals surface area (Å²) in [4.78, 5) is 29.4. The van der Waals surface area contributed by atoms with Crippen LogP contribution >= 0.6 is 0 Å². The van der Waals surface area contributed by atoms with Crippen LogP contribution in [-0.4, -0.2) is 29.9 Å². The molecule has 0 unspecified atom stereocenters. The average molecular weight is 458 g/mol. The number of rotatable bonds is 7. The molecular weight excluding hydrogens is 429 g/mol. The van der Waals surface area contributed by atoms with Crippen molar-refractivity contribution in [2.45, 2.75) is 25.9 Å². The maximum absolute atomic E-state index is 13.3. The maximum Gasteiger partial charge on any atom is 0.322 e. The quantitative estimate of drug-likeness (QED) is 0.516. The zero-order chi connectivity index (χ0) is 23.9. The van der Waals surface area contributed by atoms with Crippen LogP contribution < -0.4 is 10.2 Å². The minimum atomic E-state index is -0.327. The summed E-state index contributed by atoms with van der Waals surface area (Å²) in [6.07, 6.45) is 2.73. The molecule has 1 N–H and O–H groups in total. The van der Waals surface area contributed by atoms with Gasteiger partial charge in [-0.1, -0.05) is 54.6 Å². The second-order valence-electron chi connectivity index (χ2n) is 8.37. The molecule has 34 heavy (non-hydrogen) atoms. The highest BCUT2D eigenvalue weighted by molar-refractivity contribution is 5.92. The lowest BCUT2D eigenvalue weighted by molar-refractivity contribution is -0.131. The Balaban J connectivity index is 1.50. The fourth-order valence-corrected chi connectivity index (χ4v) is 4.14. The second-order valence-corrected chi connectivity index (χ2v) is 8.37. The van der Waals surface area contributed by atoms with Crippen LogP contribution in [0.4, 0.5) is 14.9 Å². The summed E-state index contributed by atoms with van der Waals surface area (Å²) in [5, 5.41) is 2.80. The van der Waals surface area contributed by atoms with Gasteiger partial charge in [-0.2, -0.15) is 0 Å². The van der Waals surface area contributed by atoms with Gasteiger partial charge in [-0.05, 0) is 52.9 Å². The van der Waals surface area contributed by atoms with E-state index in [1.165, 1.54) is 23.3 Å². The van der Waals surface area contributed by atoms with Crippen molar-refractivity contribution in [2.75, 3.05) is 18.0 Å². The smallest absolute Gasteiger partial charge is 0.322 e. The van der Waals surface area contributed by atoms with Crippen LogP contribution in [0.1, 0.15) is 22.3 Å². The summed E-state index contributed by atoms with van der Waals surface area (Å²) in [7, 11) is 0. The Bertz CT molecular complexity index is 1180. The Labute approximate surface area is 199 Å². The first kappa shape index (κ1) is 23.2. The van der Waals surface area contributed by atoms with Crippen molar-refractivity contribution in [3.05, 3.63) is 114 Å². The highest BCUT2D eigenvalue weighted by Crippen LogP contribution is 2.22. The zero-order valence-corrected chi connectivity index (χ0v) is 19.0. The Morgan fingerprint density at radius 1 is 1.00 bits per heavy atom. The summed E-state index contributed by atoms with van der Waals surface area (Å²) in [6.45, 7) is 5.57. The first-order chi connectivity index (χ1) is 16.5. The second kappa shape index (κ2) is 10.8. The highest BCUT2D eigenvalue weighted by atomic mass is 19.1. The number of carbonyl (C=O) groups excluding carboxylic acids is 2. The number of carbonyl (C=O) groups is 2. The standard InChI is InChI=1S/C28H28FN3O2/c1-2-15-30-28(34)32(19-21-10-12-25(29)13-11-21)26-9-5-6-22(17-26)18-27(33)31-16-14-23-7-3-4-8-24(23)20-31/h2-13,17H,1,14-16,18-20H2,(H,30,34). The molecule has 0 aliphatic carbocycles. The van der Waals surface area contributed by atoms with Gasteiger partial charge in [0.2, 0.25) is 5.91 Å². The van der Waals surface area contributed by atoms with Gasteiger partial charge in [-0.3, -0.25) is 9.69 Å². The maximum atomic E-state index is 13.3. The molecule has 1 aliphatic rings. The van der Waals surface area contributed by atoms with E-state index in [1.54, 1.807) is 23.1 Å². The molecule has 0 radical (unpaired) electrons. The van der Waals surface area contributed by atoms with Crippen LogP contribution in [-0.2, 0) is 30.7 Å². The van der Waals surface area contributed by atoms with Crippen molar-refractivity contribution in [1.82, 2.24) is 10.2 Å². The minimum absolute atomic E-state index is 0.0628. The third kappa shape index (κ3) is 5.70.